The van der Waals surface area contributed by atoms with Crippen LogP contribution in [0, 0.1) is 5.92 Å². The van der Waals surface area contributed by atoms with Crippen molar-refractivity contribution in [3.8, 4) is 5.75 Å². The van der Waals surface area contributed by atoms with Crippen LogP contribution in [0.2, 0.25) is 0 Å². The molecule has 1 saturated carbocycles. The number of nitrogens with zero attached hydrogens (tertiary/aromatic N) is 2. The molecule has 1 saturated heterocycles. The number of ether oxygens (including phenoxy) is 1. The highest BCUT2D eigenvalue weighted by Crippen LogP contribution is 2.27. The summed E-state index contributed by atoms with van der Waals surface area (Å²) in [4.78, 5) is 28.3. The molecule has 1 N–H and O–H groups in total. The quantitative estimate of drug-likeness (QED) is 0.693. The molecule has 1 aromatic carbocycles. The van der Waals surface area contributed by atoms with Gasteiger partial charge in [-0.2, -0.15) is 0 Å². The fourth-order valence-corrected chi connectivity index (χ4v) is 4.07. The van der Waals surface area contributed by atoms with E-state index in [1.165, 1.54) is 12.8 Å². The van der Waals surface area contributed by atoms with Crippen LogP contribution in [0.1, 0.15) is 49.4 Å². The summed E-state index contributed by atoms with van der Waals surface area (Å²) in [6, 6.07) is 7.05. The zero-order chi connectivity index (χ0) is 19.9. The predicted molar refractivity (Wildman–Crippen MR) is 108 cm³/mol. The number of carbonyl (C=O) groups is 2. The largest absolute Gasteiger partial charge is 0.491 e. The maximum absolute atomic E-state index is 12.5. The summed E-state index contributed by atoms with van der Waals surface area (Å²) in [7, 11) is 0. The number of benzene rings is 1. The minimum absolute atomic E-state index is 0.108. The first-order valence-corrected chi connectivity index (χ1v) is 10.5. The Balaban J connectivity index is 1.37. The normalized spacial score (nSPS) is 19.6. The average molecular weight is 389 g/mol. The Morgan fingerprint density at radius 3 is 2.36 bits per heavy atom. The van der Waals surface area contributed by atoms with Gasteiger partial charge in [-0.3, -0.25) is 14.5 Å². The van der Waals surface area contributed by atoms with Gasteiger partial charge in [0.2, 0.25) is 5.91 Å². The molecule has 0 aromatic heterocycles. The predicted octanol–water partition coefficient (Wildman–Crippen LogP) is 2.35. The SMILES string of the molecule is CCC(=O)c1ccc(OCC(O)CN2CCN(C(=O)C3CCCC3)CC2)cc1. The smallest absolute Gasteiger partial charge is 0.225 e. The molecule has 1 aliphatic heterocycles. The molecule has 0 radical (unpaired) electrons. The van der Waals surface area contributed by atoms with E-state index >= 15 is 0 Å². The highest BCUT2D eigenvalue weighted by Gasteiger charge is 2.29. The Bertz CT molecular complexity index is 647. The Hall–Kier alpha value is -1.92. The highest BCUT2D eigenvalue weighted by molar-refractivity contribution is 5.95. The number of hydrogen-bond donors (Lipinski definition) is 1. The molecule has 1 heterocycles. The van der Waals surface area contributed by atoms with Crippen molar-refractivity contribution in [3.05, 3.63) is 29.8 Å². The highest BCUT2D eigenvalue weighted by atomic mass is 16.5. The number of carbonyl (C=O) groups excluding carboxylic acids is 2. The fourth-order valence-electron chi connectivity index (χ4n) is 4.07. The van der Waals surface area contributed by atoms with Crippen LogP contribution in [0.25, 0.3) is 0 Å². The molecule has 0 spiro atoms. The van der Waals surface area contributed by atoms with Crippen LogP contribution in [-0.4, -0.2) is 72.0 Å². The number of rotatable bonds is 8. The van der Waals surface area contributed by atoms with Gasteiger partial charge in [0.25, 0.3) is 0 Å². The van der Waals surface area contributed by atoms with E-state index in [1.54, 1.807) is 24.3 Å². The summed E-state index contributed by atoms with van der Waals surface area (Å²) in [5.74, 6) is 1.33. The number of aliphatic hydroxyl groups excluding tert-OH is 1. The number of ketones is 1. The second kappa shape index (κ2) is 10.0. The molecule has 6 heteroatoms. The number of Topliss-reactive ketones (excluding diaryl/α,β-unsaturated/α-hetero) is 1. The lowest BCUT2D eigenvalue weighted by molar-refractivity contribution is -0.137. The molecule has 2 aliphatic rings. The standard InChI is InChI=1S/C22H32N2O4/c1-2-21(26)17-7-9-20(10-8-17)28-16-19(25)15-23-11-13-24(14-12-23)22(27)18-5-3-4-6-18/h7-10,18-19,25H,2-6,11-16H2,1H3. The van der Waals surface area contributed by atoms with Crippen LogP contribution in [0.15, 0.2) is 24.3 Å². The molecule has 2 fully saturated rings. The second-order valence-electron chi connectivity index (χ2n) is 7.87. The molecular formula is C22H32N2O4. The van der Waals surface area contributed by atoms with Crippen molar-refractivity contribution in [2.24, 2.45) is 5.92 Å². The maximum atomic E-state index is 12.5. The Morgan fingerprint density at radius 2 is 1.75 bits per heavy atom. The van der Waals surface area contributed by atoms with E-state index in [2.05, 4.69) is 4.90 Å². The Kier molecular flexibility index (Phi) is 7.45. The van der Waals surface area contributed by atoms with Crippen molar-refractivity contribution in [1.29, 1.82) is 0 Å². The van der Waals surface area contributed by atoms with Gasteiger partial charge in [-0.1, -0.05) is 19.8 Å². The van der Waals surface area contributed by atoms with Crippen molar-refractivity contribution in [3.63, 3.8) is 0 Å². The van der Waals surface area contributed by atoms with Gasteiger partial charge >= 0.3 is 0 Å². The summed E-state index contributed by atoms with van der Waals surface area (Å²) < 4.78 is 5.65. The van der Waals surface area contributed by atoms with Gasteiger partial charge in [0.1, 0.15) is 18.5 Å². The lowest BCUT2D eigenvalue weighted by Gasteiger charge is -2.36. The van der Waals surface area contributed by atoms with E-state index in [4.69, 9.17) is 4.74 Å². The molecule has 1 amide bonds. The topological polar surface area (TPSA) is 70.1 Å². The lowest BCUT2D eigenvalue weighted by Crippen LogP contribution is -2.52. The van der Waals surface area contributed by atoms with Gasteiger partial charge in [0.05, 0.1) is 0 Å². The van der Waals surface area contributed by atoms with E-state index in [-0.39, 0.29) is 18.3 Å². The summed E-state index contributed by atoms with van der Waals surface area (Å²) in [5, 5.41) is 10.3. The van der Waals surface area contributed by atoms with Crippen LogP contribution in [-0.2, 0) is 4.79 Å². The van der Waals surface area contributed by atoms with Crippen LogP contribution < -0.4 is 4.74 Å². The van der Waals surface area contributed by atoms with Gasteiger partial charge in [0.15, 0.2) is 5.78 Å². The Labute approximate surface area is 167 Å². The van der Waals surface area contributed by atoms with E-state index < -0.39 is 6.10 Å². The third kappa shape index (κ3) is 5.55. The average Bonchev–Trinajstić information content (AvgIpc) is 3.27. The summed E-state index contributed by atoms with van der Waals surface area (Å²) in [6.07, 6.45) is 4.35. The molecule has 6 nitrogen and oxygen atoms in total. The summed E-state index contributed by atoms with van der Waals surface area (Å²) in [5.41, 5.74) is 0.681. The third-order valence-corrected chi connectivity index (χ3v) is 5.80. The van der Waals surface area contributed by atoms with Crippen LogP contribution in [0.3, 0.4) is 0 Å². The van der Waals surface area contributed by atoms with E-state index in [0.717, 1.165) is 39.0 Å². The number of aliphatic hydroxyl groups is 1. The zero-order valence-electron chi connectivity index (χ0n) is 16.8. The van der Waals surface area contributed by atoms with Gasteiger partial charge in [-0.25, -0.2) is 0 Å². The molecule has 0 bridgehead atoms. The van der Waals surface area contributed by atoms with E-state index in [9.17, 15) is 14.7 Å². The third-order valence-electron chi connectivity index (χ3n) is 5.80. The molecule has 1 aromatic rings. The molecule has 1 aliphatic carbocycles. The van der Waals surface area contributed by atoms with Crippen LogP contribution in [0.5, 0.6) is 5.75 Å². The Morgan fingerprint density at radius 1 is 1.11 bits per heavy atom. The molecule has 1 unspecified atom stereocenters. The number of amides is 1. The zero-order valence-corrected chi connectivity index (χ0v) is 16.8. The minimum Gasteiger partial charge on any atom is -0.491 e. The molecular weight excluding hydrogens is 356 g/mol. The van der Waals surface area contributed by atoms with E-state index in [0.29, 0.717) is 30.2 Å². The van der Waals surface area contributed by atoms with Crippen molar-refractivity contribution in [1.82, 2.24) is 9.80 Å². The molecule has 154 valence electrons. The second-order valence-corrected chi connectivity index (χ2v) is 7.87. The molecule has 28 heavy (non-hydrogen) atoms. The number of piperazine rings is 1. The van der Waals surface area contributed by atoms with E-state index in [1.807, 2.05) is 11.8 Å². The first kappa shape index (κ1) is 20.8. The van der Waals surface area contributed by atoms with Crippen molar-refractivity contribution >= 4 is 11.7 Å². The van der Waals surface area contributed by atoms with Crippen LogP contribution >= 0.6 is 0 Å². The van der Waals surface area contributed by atoms with Crippen LogP contribution in [0.4, 0.5) is 0 Å². The van der Waals surface area contributed by atoms with Crippen molar-refractivity contribution in [2.45, 2.75) is 45.1 Å². The molecule has 1 atom stereocenters. The maximum Gasteiger partial charge on any atom is 0.225 e. The van der Waals surface area contributed by atoms with Gasteiger partial charge in [-0.05, 0) is 37.1 Å². The van der Waals surface area contributed by atoms with Gasteiger partial charge in [0, 0.05) is 50.6 Å². The minimum atomic E-state index is -0.589. The monoisotopic (exact) mass is 388 g/mol. The van der Waals surface area contributed by atoms with Crippen molar-refractivity contribution < 1.29 is 19.4 Å². The fraction of sp³-hybridized carbons (Fsp3) is 0.636. The summed E-state index contributed by atoms with van der Waals surface area (Å²) >= 11 is 0. The number of hydrogen-bond acceptors (Lipinski definition) is 5. The first-order valence-electron chi connectivity index (χ1n) is 10.5. The van der Waals surface area contributed by atoms with Gasteiger partial charge in [-0.15, -0.1) is 0 Å². The van der Waals surface area contributed by atoms with Crippen molar-refractivity contribution in [2.75, 3.05) is 39.3 Å². The first-order chi connectivity index (χ1) is 13.6. The summed E-state index contributed by atoms with van der Waals surface area (Å²) in [6.45, 7) is 5.67. The lowest BCUT2D eigenvalue weighted by atomic mass is 10.1. The van der Waals surface area contributed by atoms with Gasteiger partial charge < -0.3 is 14.7 Å². The molecule has 3 rings (SSSR count). The number of β-amino-alcohol motifs (C(OH)–C–C–N with tert-alkyl or cyclic N) is 1.